The molecule has 2 N–H and O–H groups in total. The molecule has 0 bridgehead atoms. The second kappa shape index (κ2) is 13.3. The summed E-state index contributed by atoms with van der Waals surface area (Å²) in [6.45, 7) is 12.0. The van der Waals surface area contributed by atoms with Crippen LogP contribution in [-0.4, -0.2) is 26.2 Å². The van der Waals surface area contributed by atoms with Crippen LogP contribution < -0.4 is 5.32 Å². The summed E-state index contributed by atoms with van der Waals surface area (Å²) in [5.74, 6) is 1.37. The van der Waals surface area contributed by atoms with E-state index in [4.69, 9.17) is 9.97 Å². The normalized spacial score (nSPS) is 15.6. The molecule has 2 aromatic heterocycles. The lowest BCUT2D eigenvalue weighted by Crippen LogP contribution is -2.22. The number of aliphatic hydroxyl groups excluding tert-OH is 1. The quantitative estimate of drug-likeness (QED) is 0.362. The van der Waals surface area contributed by atoms with Gasteiger partial charge in [-0.2, -0.15) is 0 Å². The highest BCUT2D eigenvalue weighted by Crippen LogP contribution is 2.35. The number of benzene rings is 2. The smallest absolute Gasteiger partial charge is 0.162 e. The Kier molecular flexibility index (Phi) is 10.4. The Labute approximate surface area is 198 Å². The molecule has 2 atom stereocenters. The first-order valence-corrected chi connectivity index (χ1v) is 12.0. The largest absolute Gasteiger partial charge is 0.390 e. The fraction of sp³-hybridized carbons (Fsp3) is 0.321. The molecule has 5 heteroatoms. The molecule has 0 fully saturated rings. The summed E-state index contributed by atoms with van der Waals surface area (Å²) in [5.41, 5.74) is 4.07. The van der Waals surface area contributed by atoms with Gasteiger partial charge in [0.1, 0.15) is 5.82 Å². The molecule has 0 radical (unpaired) electrons. The van der Waals surface area contributed by atoms with Gasteiger partial charge in [-0.3, -0.25) is 4.98 Å². The third kappa shape index (κ3) is 5.93. The molecule has 0 spiro atoms. The third-order valence-corrected chi connectivity index (χ3v) is 5.04. The second-order valence-electron chi connectivity index (χ2n) is 6.74. The number of anilines is 1. The minimum absolute atomic E-state index is 0.190. The number of hydrogen-bond donors (Lipinski definition) is 2. The number of nitrogens with one attached hydrogen (secondary N) is 1. The predicted octanol–water partition coefficient (Wildman–Crippen LogP) is 6.84. The van der Waals surface area contributed by atoms with Crippen molar-refractivity contribution in [1.29, 1.82) is 0 Å². The highest BCUT2D eigenvalue weighted by atomic mass is 16.3. The topological polar surface area (TPSA) is 70.9 Å². The molecule has 33 heavy (non-hydrogen) atoms. The maximum absolute atomic E-state index is 10.6. The van der Waals surface area contributed by atoms with Gasteiger partial charge in [-0.25, -0.2) is 9.97 Å². The Hall–Kier alpha value is -3.31. The van der Waals surface area contributed by atoms with E-state index in [9.17, 15) is 5.11 Å². The van der Waals surface area contributed by atoms with Gasteiger partial charge >= 0.3 is 0 Å². The van der Waals surface area contributed by atoms with E-state index in [1.165, 1.54) is 5.56 Å². The first kappa shape index (κ1) is 25.9. The third-order valence-electron chi connectivity index (χ3n) is 5.04. The van der Waals surface area contributed by atoms with Crippen LogP contribution in [0.5, 0.6) is 0 Å². The van der Waals surface area contributed by atoms with Crippen LogP contribution in [0, 0.1) is 0 Å². The van der Waals surface area contributed by atoms with Crippen LogP contribution in [0.15, 0.2) is 73.1 Å². The van der Waals surface area contributed by atoms with Crippen LogP contribution >= 0.6 is 0 Å². The number of aliphatic hydroxyl groups is 1. The lowest BCUT2D eigenvalue weighted by molar-refractivity contribution is 0.165. The lowest BCUT2D eigenvalue weighted by Gasteiger charge is -2.20. The van der Waals surface area contributed by atoms with Crippen LogP contribution in [0.2, 0.25) is 0 Å². The van der Waals surface area contributed by atoms with Crippen molar-refractivity contribution in [3.8, 4) is 11.4 Å². The molecule has 0 saturated carbocycles. The van der Waals surface area contributed by atoms with Crippen molar-refractivity contribution < 1.29 is 5.11 Å². The zero-order chi connectivity index (χ0) is 24.2. The van der Waals surface area contributed by atoms with Crippen molar-refractivity contribution >= 4 is 16.7 Å². The van der Waals surface area contributed by atoms with Gasteiger partial charge in [0.25, 0.3) is 0 Å². The zero-order valence-electron chi connectivity index (χ0n) is 20.6. The molecular weight excluding hydrogens is 408 g/mol. The van der Waals surface area contributed by atoms with E-state index in [2.05, 4.69) is 22.4 Å². The second-order valence-corrected chi connectivity index (χ2v) is 6.74. The van der Waals surface area contributed by atoms with Gasteiger partial charge < -0.3 is 10.4 Å². The molecule has 5 rings (SSSR count). The summed E-state index contributed by atoms with van der Waals surface area (Å²) in [5, 5.41) is 15.0. The van der Waals surface area contributed by atoms with Crippen molar-refractivity contribution in [2.24, 2.45) is 0 Å². The fourth-order valence-corrected chi connectivity index (χ4v) is 3.71. The summed E-state index contributed by atoms with van der Waals surface area (Å²) in [4.78, 5) is 13.6. The molecule has 0 amide bonds. The molecule has 0 unspecified atom stereocenters. The van der Waals surface area contributed by atoms with Crippen molar-refractivity contribution in [3.63, 3.8) is 0 Å². The average Bonchev–Trinajstić information content (AvgIpc) is 3.23. The Bertz CT molecular complexity index is 1120. The minimum Gasteiger partial charge on any atom is -0.390 e. The molecule has 2 aromatic carbocycles. The molecule has 174 valence electrons. The van der Waals surface area contributed by atoms with Crippen LogP contribution in [0.25, 0.3) is 22.3 Å². The van der Waals surface area contributed by atoms with E-state index < -0.39 is 6.10 Å². The molecule has 0 aliphatic heterocycles. The van der Waals surface area contributed by atoms with E-state index in [0.717, 1.165) is 27.8 Å². The molecule has 4 aromatic rings. The summed E-state index contributed by atoms with van der Waals surface area (Å²) in [6, 6.07) is 19.7. The van der Waals surface area contributed by atoms with E-state index >= 15 is 0 Å². The van der Waals surface area contributed by atoms with E-state index in [-0.39, 0.29) is 6.04 Å². The Morgan fingerprint density at radius 3 is 2.15 bits per heavy atom. The molecule has 1 aliphatic carbocycles. The molecular formula is C28H36N4O. The van der Waals surface area contributed by atoms with Crippen molar-refractivity contribution in [2.75, 3.05) is 5.32 Å². The summed E-state index contributed by atoms with van der Waals surface area (Å²) >= 11 is 0. The number of rotatable bonds is 3. The molecule has 1 aliphatic rings. The van der Waals surface area contributed by atoms with E-state index in [1.807, 2.05) is 90.1 Å². The number of fused-ring (bicyclic) bond motifs is 2. The van der Waals surface area contributed by atoms with Gasteiger partial charge in [0.15, 0.2) is 5.82 Å². The molecule has 0 saturated heterocycles. The van der Waals surface area contributed by atoms with Crippen molar-refractivity contribution in [2.45, 2.75) is 60.1 Å². The Morgan fingerprint density at radius 2 is 1.42 bits per heavy atom. The summed E-state index contributed by atoms with van der Waals surface area (Å²) in [6.07, 6.45) is 3.63. The van der Waals surface area contributed by atoms with Gasteiger partial charge in [-0.05, 0) is 35.4 Å². The van der Waals surface area contributed by atoms with Crippen molar-refractivity contribution in [3.05, 3.63) is 84.2 Å². The standard InChI is InChI=1S/C22H18N4O.3C2H6/c27-19-13-15-5-1-2-6-16(15)20(19)25-22-17-7-3-4-8-18(17)24-21(26-22)14-9-11-23-12-10-14;3*1-2/h1-12,19-20,27H,13H2,(H,24,25,26);3*1-2H3/t19-,20+;;;/m1.../s1. The number of hydrogen-bond acceptors (Lipinski definition) is 5. The number of pyridine rings is 1. The number of aromatic nitrogens is 3. The lowest BCUT2D eigenvalue weighted by atomic mass is 10.1. The maximum Gasteiger partial charge on any atom is 0.162 e. The van der Waals surface area contributed by atoms with Crippen LogP contribution in [0.4, 0.5) is 5.82 Å². The van der Waals surface area contributed by atoms with Gasteiger partial charge in [-0.1, -0.05) is 77.9 Å². The highest BCUT2D eigenvalue weighted by molar-refractivity contribution is 5.90. The monoisotopic (exact) mass is 444 g/mol. The van der Waals surface area contributed by atoms with Crippen LogP contribution in [0.1, 0.15) is 58.7 Å². The fourth-order valence-electron chi connectivity index (χ4n) is 3.71. The van der Waals surface area contributed by atoms with Crippen LogP contribution in [0.3, 0.4) is 0 Å². The first-order valence-electron chi connectivity index (χ1n) is 12.0. The number of para-hydroxylation sites is 1. The van der Waals surface area contributed by atoms with Gasteiger partial charge in [0.2, 0.25) is 0 Å². The SMILES string of the molecule is CC.CC.CC.O[C@@H]1Cc2ccccc2[C@@H]1Nc1nc(-c2ccncc2)nc2ccccc12. The Morgan fingerprint density at radius 1 is 0.788 bits per heavy atom. The average molecular weight is 445 g/mol. The first-order chi connectivity index (χ1) is 16.3. The predicted molar refractivity (Wildman–Crippen MR) is 139 cm³/mol. The highest BCUT2D eigenvalue weighted by Gasteiger charge is 2.31. The summed E-state index contributed by atoms with van der Waals surface area (Å²) < 4.78 is 0. The van der Waals surface area contributed by atoms with Crippen LogP contribution in [-0.2, 0) is 6.42 Å². The van der Waals surface area contributed by atoms with E-state index in [0.29, 0.717) is 12.2 Å². The molecule has 5 nitrogen and oxygen atoms in total. The number of nitrogens with zero attached hydrogens (tertiary/aromatic N) is 3. The van der Waals surface area contributed by atoms with Crippen molar-refractivity contribution in [1.82, 2.24) is 15.0 Å². The zero-order valence-corrected chi connectivity index (χ0v) is 20.6. The Balaban J connectivity index is 0.000000597. The molecule has 2 heterocycles. The van der Waals surface area contributed by atoms with E-state index in [1.54, 1.807) is 12.4 Å². The van der Waals surface area contributed by atoms with Gasteiger partial charge in [-0.15, -0.1) is 0 Å². The van der Waals surface area contributed by atoms with Gasteiger partial charge in [0.05, 0.1) is 17.7 Å². The summed E-state index contributed by atoms with van der Waals surface area (Å²) in [7, 11) is 0. The minimum atomic E-state index is -0.486. The maximum atomic E-state index is 10.6. The van der Waals surface area contributed by atoms with Gasteiger partial charge in [0, 0.05) is 29.8 Å².